The Morgan fingerprint density at radius 3 is 2.65 bits per heavy atom. The lowest BCUT2D eigenvalue weighted by molar-refractivity contribution is -0.384. The molecule has 0 amide bonds. The summed E-state index contributed by atoms with van der Waals surface area (Å²) >= 11 is 11.3. The smallest absolute Gasteiger partial charge is 0.288 e. The summed E-state index contributed by atoms with van der Waals surface area (Å²) in [5, 5.41) is 10.6. The van der Waals surface area contributed by atoms with Crippen LogP contribution in [-0.4, -0.2) is 17.4 Å². The van der Waals surface area contributed by atoms with E-state index in [9.17, 15) is 10.1 Å². The van der Waals surface area contributed by atoms with Gasteiger partial charge in [-0.15, -0.1) is 11.6 Å². The van der Waals surface area contributed by atoms with E-state index in [-0.39, 0.29) is 10.7 Å². The van der Waals surface area contributed by atoms with Crippen LogP contribution in [0.25, 0.3) is 0 Å². The van der Waals surface area contributed by atoms with Gasteiger partial charge in [-0.2, -0.15) is 0 Å². The molecule has 0 aliphatic heterocycles. The highest BCUT2D eigenvalue weighted by Gasteiger charge is 2.12. The van der Waals surface area contributed by atoms with Crippen molar-refractivity contribution in [2.45, 2.75) is 19.3 Å². The first-order chi connectivity index (χ1) is 8.15. The van der Waals surface area contributed by atoms with E-state index in [0.717, 1.165) is 19.3 Å². The van der Waals surface area contributed by atoms with Gasteiger partial charge in [-0.3, -0.25) is 10.1 Å². The monoisotopic (exact) mass is 277 g/mol. The molecule has 1 aromatic carbocycles. The molecule has 0 saturated carbocycles. The van der Waals surface area contributed by atoms with Gasteiger partial charge in [-0.05, 0) is 25.3 Å². The second-order valence-electron chi connectivity index (χ2n) is 3.47. The van der Waals surface area contributed by atoms with Gasteiger partial charge >= 0.3 is 0 Å². The van der Waals surface area contributed by atoms with Crippen LogP contribution in [0.1, 0.15) is 19.3 Å². The third-order valence-electron chi connectivity index (χ3n) is 2.16. The maximum atomic E-state index is 10.5. The fraction of sp³-hybridized carbons (Fsp3) is 0.455. The second-order valence-corrected chi connectivity index (χ2v) is 4.25. The zero-order valence-corrected chi connectivity index (χ0v) is 10.7. The van der Waals surface area contributed by atoms with Crippen LogP contribution in [0.2, 0.25) is 5.02 Å². The maximum absolute atomic E-state index is 10.5. The summed E-state index contributed by atoms with van der Waals surface area (Å²) in [4.78, 5) is 10.0. The van der Waals surface area contributed by atoms with Crippen molar-refractivity contribution in [3.05, 3.63) is 33.3 Å². The SMILES string of the molecule is O=[N+]([O-])c1ccc(OCCCCCCl)cc1Cl. The van der Waals surface area contributed by atoms with Crippen LogP contribution in [0.5, 0.6) is 5.75 Å². The normalized spacial score (nSPS) is 10.2. The predicted octanol–water partition coefficient (Wildman–Crippen LogP) is 4.04. The van der Waals surface area contributed by atoms with Crippen molar-refractivity contribution in [1.29, 1.82) is 0 Å². The average Bonchev–Trinajstić information content (AvgIpc) is 2.28. The first-order valence-electron chi connectivity index (χ1n) is 5.28. The average molecular weight is 278 g/mol. The van der Waals surface area contributed by atoms with Gasteiger partial charge < -0.3 is 4.74 Å². The van der Waals surface area contributed by atoms with Gasteiger partial charge in [0.2, 0.25) is 0 Å². The fourth-order valence-corrected chi connectivity index (χ4v) is 1.72. The summed E-state index contributed by atoms with van der Waals surface area (Å²) in [6.45, 7) is 0.561. The molecule has 0 bridgehead atoms. The van der Waals surface area contributed by atoms with Crippen LogP contribution in [0, 0.1) is 10.1 Å². The molecule has 17 heavy (non-hydrogen) atoms. The van der Waals surface area contributed by atoms with E-state index < -0.39 is 4.92 Å². The van der Waals surface area contributed by atoms with Crippen LogP contribution in [0.4, 0.5) is 5.69 Å². The Kier molecular flexibility index (Phi) is 6.08. The van der Waals surface area contributed by atoms with Crippen LogP contribution < -0.4 is 4.74 Å². The number of nitro groups is 1. The number of nitrogens with zero attached hydrogens (tertiary/aromatic N) is 1. The number of unbranched alkanes of at least 4 members (excludes halogenated alkanes) is 2. The van der Waals surface area contributed by atoms with Crippen molar-refractivity contribution in [3.8, 4) is 5.75 Å². The van der Waals surface area contributed by atoms with Crippen LogP contribution in [0.3, 0.4) is 0 Å². The van der Waals surface area contributed by atoms with Crippen LogP contribution in [0.15, 0.2) is 18.2 Å². The molecule has 4 nitrogen and oxygen atoms in total. The number of hydrogen-bond acceptors (Lipinski definition) is 3. The number of benzene rings is 1. The summed E-state index contributed by atoms with van der Waals surface area (Å²) in [6, 6.07) is 4.35. The van der Waals surface area contributed by atoms with E-state index in [1.54, 1.807) is 6.07 Å². The molecule has 0 radical (unpaired) electrons. The Morgan fingerprint density at radius 2 is 2.06 bits per heavy atom. The molecule has 0 fully saturated rings. The molecule has 0 spiro atoms. The number of alkyl halides is 1. The Labute approximate surface area is 110 Å². The Bertz CT molecular complexity index is 385. The van der Waals surface area contributed by atoms with Crippen molar-refractivity contribution in [1.82, 2.24) is 0 Å². The van der Waals surface area contributed by atoms with Crippen molar-refractivity contribution >= 4 is 28.9 Å². The molecule has 0 aliphatic carbocycles. The van der Waals surface area contributed by atoms with Crippen molar-refractivity contribution in [2.24, 2.45) is 0 Å². The molecule has 0 N–H and O–H groups in total. The number of nitro benzene ring substituents is 1. The van der Waals surface area contributed by atoms with E-state index in [2.05, 4.69) is 0 Å². The summed E-state index contributed by atoms with van der Waals surface area (Å²) < 4.78 is 5.42. The summed E-state index contributed by atoms with van der Waals surface area (Å²) in [5.41, 5.74) is -0.110. The van der Waals surface area contributed by atoms with Crippen LogP contribution >= 0.6 is 23.2 Å². The van der Waals surface area contributed by atoms with E-state index in [0.29, 0.717) is 18.2 Å². The van der Waals surface area contributed by atoms with E-state index in [1.165, 1.54) is 12.1 Å². The lowest BCUT2D eigenvalue weighted by Crippen LogP contribution is -1.98. The first-order valence-corrected chi connectivity index (χ1v) is 6.19. The Hall–Kier alpha value is -1.00. The van der Waals surface area contributed by atoms with Gasteiger partial charge in [0, 0.05) is 18.0 Å². The maximum Gasteiger partial charge on any atom is 0.288 e. The van der Waals surface area contributed by atoms with Crippen molar-refractivity contribution in [3.63, 3.8) is 0 Å². The van der Waals surface area contributed by atoms with Gasteiger partial charge in [0.15, 0.2) is 0 Å². The number of ether oxygens (including phenoxy) is 1. The van der Waals surface area contributed by atoms with Crippen molar-refractivity contribution in [2.75, 3.05) is 12.5 Å². The predicted molar refractivity (Wildman–Crippen MR) is 68.2 cm³/mol. The highest BCUT2D eigenvalue weighted by molar-refractivity contribution is 6.32. The minimum Gasteiger partial charge on any atom is -0.494 e. The number of rotatable bonds is 7. The number of halogens is 2. The summed E-state index contributed by atoms with van der Waals surface area (Å²) in [7, 11) is 0. The zero-order valence-electron chi connectivity index (χ0n) is 9.20. The van der Waals surface area contributed by atoms with Gasteiger partial charge in [0.1, 0.15) is 10.8 Å². The Morgan fingerprint density at radius 1 is 1.29 bits per heavy atom. The quantitative estimate of drug-likeness (QED) is 0.327. The molecule has 1 aromatic rings. The first kappa shape index (κ1) is 14.1. The molecule has 0 atom stereocenters. The van der Waals surface area contributed by atoms with Crippen LogP contribution in [-0.2, 0) is 0 Å². The molecule has 6 heteroatoms. The summed E-state index contributed by atoms with van der Waals surface area (Å²) in [6.07, 6.45) is 2.87. The molecular weight excluding hydrogens is 265 g/mol. The Balaban J connectivity index is 2.45. The minimum atomic E-state index is -0.521. The zero-order chi connectivity index (χ0) is 12.7. The van der Waals surface area contributed by atoms with Gasteiger partial charge in [0.25, 0.3) is 5.69 Å². The molecule has 94 valence electrons. The van der Waals surface area contributed by atoms with Gasteiger partial charge in [-0.1, -0.05) is 11.6 Å². The fourth-order valence-electron chi connectivity index (χ4n) is 1.29. The van der Waals surface area contributed by atoms with Gasteiger partial charge in [-0.25, -0.2) is 0 Å². The lowest BCUT2D eigenvalue weighted by atomic mass is 10.2. The largest absolute Gasteiger partial charge is 0.494 e. The van der Waals surface area contributed by atoms with E-state index in [1.807, 2.05) is 0 Å². The molecule has 0 heterocycles. The van der Waals surface area contributed by atoms with Gasteiger partial charge in [0.05, 0.1) is 11.5 Å². The van der Waals surface area contributed by atoms with E-state index >= 15 is 0 Å². The highest BCUT2D eigenvalue weighted by Crippen LogP contribution is 2.28. The summed E-state index contributed by atoms with van der Waals surface area (Å²) in [5.74, 6) is 1.20. The molecule has 0 aromatic heterocycles. The van der Waals surface area contributed by atoms with E-state index in [4.69, 9.17) is 27.9 Å². The number of hydrogen-bond donors (Lipinski definition) is 0. The third kappa shape index (κ3) is 4.79. The second kappa shape index (κ2) is 7.35. The highest BCUT2D eigenvalue weighted by atomic mass is 35.5. The third-order valence-corrected chi connectivity index (χ3v) is 2.73. The molecule has 0 aliphatic rings. The molecule has 0 saturated heterocycles. The van der Waals surface area contributed by atoms with Crippen molar-refractivity contribution < 1.29 is 9.66 Å². The standard InChI is InChI=1S/C11H13Cl2NO3/c12-6-2-1-3-7-17-9-4-5-11(14(15)16)10(13)8-9/h4-5,8H,1-3,6-7H2. The minimum absolute atomic E-state index is 0.0910. The topological polar surface area (TPSA) is 52.4 Å². The molecule has 1 rings (SSSR count). The molecular formula is C11H13Cl2NO3. The lowest BCUT2D eigenvalue weighted by Gasteiger charge is -2.06. The molecule has 0 unspecified atom stereocenters.